The largest absolute Gasteiger partial charge is 0.459 e. The average Bonchev–Trinajstić information content (AvgIpc) is 2.58. The predicted octanol–water partition coefficient (Wildman–Crippen LogP) is 2.74. The lowest BCUT2D eigenvalue weighted by Gasteiger charge is -2.35. The van der Waals surface area contributed by atoms with Gasteiger partial charge in [0, 0.05) is 18.9 Å². The van der Waals surface area contributed by atoms with Crippen LogP contribution < -0.4 is 4.74 Å². The summed E-state index contributed by atoms with van der Waals surface area (Å²) in [7, 11) is -3.21. The van der Waals surface area contributed by atoms with Crippen LogP contribution in [0, 0.1) is 0 Å². The maximum atomic E-state index is 12.8. The minimum Gasteiger partial charge on any atom is -0.459 e. The number of rotatable bonds is 4. The smallest absolute Gasteiger partial charge is 0.316 e. The van der Waals surface area contributed by atoms with E-state index >= 15 is 0 Å². The van der Waals surface area contributed by atoms with Crippen molar-refractivity contribution in [3.63, 3.8) is 0 Å². The molecule has 0 bridgehead atoms. The van der Waals surface area contributed by atoms with Gasteiger partial charge < -0.3 is 4.74 Å². The molecule has 128 valence electrons. The Morgan fingerprint density at radius 2 is 1.78 bits per heavy atom. The molecule has 1 unspecified atom stereocenters. The minimum absolute atomic E-state index is 0.178. The van der Waals surface area contributed by atoms with Crippen molar-refractivity contribution >= 4 is 26.0 Å². The molecule has 1 atom stereocenters. The van der Waals surface area contributed by atoms with Crippen LogP contribution in [0.4, 0.5) is 0 Å². The SMILES string of the molecule is O=S(=O)(C1CCCCC1)N1CCCC(Oc2ncc(Br)cn2)C1. The van der Waals surface area contributed by atoms with E-state index in [4.69, 9.17) is 4.74 Å². The molecular weight excluding hydrogens is 382 g/mol. The second-order valence-electron chi connectivity index (χ2n) is 6.23. The van der Waals surface area contributed by atoms with Crippen LogP contribution in [-0.2, 0) is 10.0 Å². The molecule has 23 heavy (non-hydrogen) atoms. The molecule has 0 N–H and O–H groups in total. The van der Waals surface area contributed by atoms with E-state index in [2.05, 4.69) is 25.9 Å². The molecular formula is C15H22BrN3O3S. The van der Waals surface area contributed by atoms with E-state index in [9.17, 15) is 8.42 Å². The van der Waals surface area contributed by atoms with Gasteiger partial charge in [-0.05, 0) is 41.6 Å². The molecule has 0 spiro atoms. The highest BCUT2D eigenvalue weighted by Gasteiger charge is 2.36. The van der Waals surface area contributed by atoms with Crippen molar-refractivity contribution in [2.75, 3.05) is 13.1 Å². The van der Waals surface area contributed by atoms with Crippen molar-refractivity contribution in [3.05, 3.63) is 16.9 Å². The Balaban J connectivity index is 1.64. The van der Waals surface area contributed by atoms with Crippen LogP contribution in [0.3, 0.4) is 0 Å². The summed E-state index contributed by atoms with van der Waals surface area (Å²) >= 11 is 3.28. The number of hydrogen-bond donors (Lipinski definition) is 0. The zero-order chi connectivity index (χ0) is 16.3. The van der Waals surface area contributed by atoms with Gasteiger partial charge in [-0.2, -0.15) is 4.31 Å². The van der Waals surface area contributed by atoms with Gasteiger partial charge in [-0.15, -0.1) is 0 Å². The number of sulfonamides is 1. The van der Waals surface area contributed by atoms with Gasteiger partial charge in [0.25, 0.3) is 0 Å². The summed E-state index contributed by atoms with van der Waals surface area (Å²) in [4.78, 5) is 8.20. The van der Waals surface area contributed by atoms with E-state index in [1.807, 2.05) is 0 Å². The molecule has 1 aromatic rings. The number of nitrogens with zero attached hydrogens (tertiary/aromatic N) is 3. The van der Waals surface area contributed by atoms with Crippen LogP contribution in [0.1, 0.15) is 44.9 Å². The van der Waals surface area contributed by atoms with E-state index in [1.54, 1.807) is 16.7 Å². The zero-order valence-electron chi connectivity index (χ0n) is 13.0. The summed E-state index contributed by atoms with van der Waals surface area (Å²) in [5.41, 5.74) is 0. The normalized spacial score (nSPS) is 24.5. The molecule has 1 saturated carbocycles. The van der Waals surface area contributed by atoms with Gasteiger partial charge in [0.15, 0.2) is 0 Å². The number of hydrogen-bond acceptors (Lipinski definition) is 5. The first kappa shape index (κ1) is 17.1. The maximum absolute atomic E-state index is 12.8. The monoisotopic (exact) mass is 403 g/mol. The van der Waals surface area contributed by atoms with E-state index in [0.29, 0.717) is 19.1 Å². The number of halogens is 1. The number of piperidine rings is 1. The predicted molar refractivity (Wildman–Crippen MR) is 90.7 cm³/mol. The van der Waals surface area contributed by atoms with Gasteiger partial charge in [-0.25, -0.2) is 18.4 Å². The molecule has 1 aromatic heterocycles. The van der Waals surface area contributed by atoms with E-state index in [0.717, 1.165) is 49.4 Å². The summed E-state index contributed by atoms with van der Waals surface area (Å²) < 4.78 is 33.8. The second-order valence-corrected chi connectivity index (χ2v) is 9.36. The van der Waals surface area contributed by atoms with Crippen LogP contribution in [-0.4, -0.2) is 47.1 Å². The second kappa shape index (κ2) is 7.44. The van der Waals surface area contributed by atoms with Gasteiger partial charge in [0.1, 0.15) is 6.10 Å². The van der Waals surface area contributed by atoms with E-state index in [-0.39, 0.29) is 11.4 Å². The molecule has 0 aromatic carbocycles. The fourth-order valence-electron chi connectivity index (χ4n) is 3.32. The molecule has 6 nitrogen and oxygen atoms in total. The van der Waals surface area contributed by atoms with Gasteiger partial charge in [0.2, 0.25) is 10.0 Å². The Morgan fingerprint density at radius 3 is 2.48 bits per heavy atom. The van der Waals surface area contributed by atoms with Crippen molar-refractivity contribution in [1.29, 1.82) is 0 Å². The quantitative estimate of drug-likeness (QED) is 0.772. The molecule has 2 fully saturated rings. The Labute approximate surface area is 145 Å². The van der Waals surface area contributed by atoms with Crippen molar-refractivity contribution < 1.29 is 13.2 Å². The summed E-state index contributed by atoms with van der Waals surface area (Å²) in [6.07, 6.45) is 9.49. The van der Waals surface area contributed by atoms with Crippen LogP contribution >= 0.6 is 15.9 Å². The highest BCUT2D eigenvalue weighted by molar-refractivity contribution is 9.10. The molecule has 3 rings (SSSR count). The molecule has 0 amide bonds. The average molecular weight is 404 g/mol. The summed E-state index contributed by atoms with van der Waals surface area (Å²) in [6.45, 7) is 0.998. The lowest BCUT2D eigenvalue weighted by molar-refractivity contribution is 0.118. The first-order valence-corrected chi connectivity index (χ1v) is 10.5. The standard InChI is InChI=1S/C15H22BrN3O3S/c16-12-9-17-15(18-10-12)22-13-5-4-8-19(11-13)23(20,21)14-6-2-1-3-7-14/h9-10,13-14H,1-8,11H2. The Hall–Kier alpha value is -0.730. The third kappa shape index (κ3) is 4.22. The first-order valence-electron chi connectivity index (χ1n) is 8.19. The van der Waals surface area contributed by atoms with Crippen molar-refractivity contribution in [2.24, 2.45) is 0 Å². The highest BCUT2D eigenvalue weighted by Crippen LogP contribution is 2.28. The Kier molecular flexibility index (Phi) is 5.53. The minimum atomic E-state index is -3.21. The molecule has 1 aliphatic carbocycles. The summed E-state index contributed by atoms with van der Waals surface area (Å²) in [6, 6.07) is 0.301. The van der Waals surface area contributed by atoms with E-state index in [1.165, 1.54) is 0 Å². The summed E-state index contributed by atoms with van der Waals surface area (Å²) in [5.74, 6) is 0. The lowest BCUT2D eigenvalue weighted by Crippen LogP contribution is -2.48. The Bertz CT molecular complexity index is 617. The highest BCUT2D eigenvalue weighted by atomic mass is 79.9. The Morgan fingerprint density at radius 1 is 1.09 bits per heavy atom. The summed E-state index contributed by atoms with van der Waals surface area (Å²) in [5, 5.41) is -0.209. The van der Waals surface area contributed by atoms with Crippen molar-refractivity contribution in [1.82, 2.24) is 14.3 Å². The topological polar surface area (TPSA) is 72.4 Å². The fourth-order valence-corrected chi connectivity index (χ4v) is 5.63. The molecule has 1 aliphatic heterocycles. The first-order chi connectivity index (χ1) is 11.1. The molecule has 1 saturated heterocycles. The lowest BCUT2D eigenvalue weighted by atomic mass is 10.0. The van der Waals surface area contributed by atoms with Crippen molar-refractivity contribution in [3.8, 4) is 6.01 Å². The number of aromatic nitrogens is 2. The molecule has 2 aliphatic rings. The van der Waals surface area contributed by atoms with Crippen LogP contribution in [0.25, 0.3) is 0 Å². The molecule has 8 heteroatoms. The van der Waals surface area contributed by atoms with Crippen molar-refractivity contribution in [2.45, 2.75) is 56.3 Å². The number of ether oxygens (including phenoxy) is 1. The van der Waals surface area contributed by atoms with E-state index < -0.39 is 10.0 Å². The van der Waals surface area contributed by atoms with Crippen LogP contribution in [0.15, 0.2) is 16.9 Å². The third-order valence-corrected chi connectivity index (χ3v) is 7.32. The molecule has 0 radical (unpaired) electrons. The molecule has 2 heterocycles. The maximum Gasteiger partial charge on any atom is 0.316 e. The zero-order valence-corrected chi connectivity index (χ0v) is 15.4. The van der Waals surface area contributed by atoms with Gasteiger partial charge in [0.05, 0.1) is 16.3 Å². The third-order valence-electron chi connectivity index (χ3n) is 4.54. The fraction of sp³-hybridized carbons (Fsp3) is 0.733. The van der Waals surface area contributed by atoms with Gasteiger partial charge >= 0.3 is 6.01 Å². The van der Waals surface area contributed by atoms with Crippen LogP contribution in [0.5, 0.6) is 6.01 Å². The van der Waals surface area contributed by atoms with Crippen LogP contribution in [0.2, 0.25) is 0 Å². The van der Waals surface area contributed by atoms with Gasteiger partial charge in [-0.3, -0.25) is 0 Å². The van der Waals surface area contributed by atoms with Gasteiger partial charge in [-0.1, -0.05) is 19.3 Å².